The average molecular weight is 469 g/mol. The second kappa shape index (κ2) is 10.3. The molecule has 1 heterocycles. The predicted octanol–water partition coefficient (Wildman–Crippen LogP) is 3.72. The maximum absolute atomic E-state index is 12.9. The van der Waals surface area contributed by atoms with Crippen molar-refractivity contribution in [2.75, 3.05) is 26.0 Å². The smallest absolute Gasteiger partial charge is 0.407 e. The molecule has 0 spiro atoms. The predicted molar refractivity (Wildman–Crippen MR) is 127 cm³/mol. The normalized spacial score (nSPS) is 17.7. The molecule has 2 unspecified atom stereocenters. The monoisotopic (exact) mass is 468 g/mol. The molecule has 0 saturated carbocycles. The molecule has 0 bridgehead atoms. The van der Waals surface area contributed by atoms with Crippen molar-refractivity contribution in [2.24, 2.45) is 0 Å². The first-order chi connectivity index (χ1) is 15.9. The minimum absolute atomic E-state index is 0.0996. The lowest BCUT2D eigenvalue weighted by Gasteiger charge is -2.25. The molecule has 8 heteroatoms. The van der Waals surface area contributed by atoms with Crippen molar-refractivity contribution in [2.45, 2.75) is 36.5 Å². The molecule has 2 aromatic rings. The third-order valence-corrected chi connectivity index (χ3v) is 7.57. The largest absolute Gasteiger partial charge is 0.481 e. The number of carbonyl (C=O) groups excluding carboxylic acids is 2. The average Bonchev–Trinajstić information content (AvgIpc) is 3.42. The van der Waals surface area contributed by atoms with E-state index in [0.717, 1.165) is 40.8 Å². The van der Waals surface area contributed by atoms with E-state index in [0.29, 0.717) is 11.8 Å². The number of carboxylic acids is 1. The Morgan fingerprint density at radius 3 is 2.33 bits per heavy atom. The van der Waals surface area contributed by atoms with Crippen LogP contribution in [0.4, 0.5) is 4.79 Å². The number of ether oxygens (including phenoxy) is 1. The standard InChI is InChI=1S/C25H28N2O5S/c1-27(14-16-7-6-12-33-16)24(30)22(13-23(28)29)26-25(31)32-15-21-19-10-4-2-8-17(19)18-9-3-5-11-20(18)21/h2-5,8-11,16,21-22H,6-7,12-15H2,1H3,(H,26,31)(H,28,29). The summed E-state index contributed by atoms with van der Waals surface area (Å²) in [7, 11) is 1.65. The van der Waals surface area contributed by atoms with E-state index in [2.05, 4.69) is 5.32 Å². The molecule has 4 rings (SSSR count). The molecule has 2 amide bonds. The van der Waals surface area contributed by atoms with Crippen molar-refractivity contribution in [3.63, 3.8) is 0 Å². The summed E-state index contributed by atoms with van der Waals surface area (Å²) < 4.78 is 5.50. The van der Waals surface area contributed by atoms with Gasteiger partial charge in [0.25, 0.3) is 0 Å². The number of likely N-dealkylation sites (N-methyl/N-ethyl adjacent to an activating group) is 1. The first kappa shape index (κ1) is 23.2. The fraction of sp³-hybridized carbons (Fsp3) is 0.400. The molecule has 0 aromatic heterocycles. The molecule has 2 N–H and O–H groups in total. The van der Waals surface area contributed by atoms with E-state index >= 15 is 0 Å². The maximum atomic E-state index is 12.9. The van der Waals surface area contributed by atoms with Gasteiger partial charge in [-0.25, -0.2) is 4.79 Å². The van der Waals surface area contributed by atoms with Gasteiger partial charge >= 0.3 is 12.1 Å². The molecule has 1 fully saturated rings. The second-order valence-corrected chi connectivity index (χ2v) is 9.88. The third-order valence-electron chi connectivity index (χ3n) is 6.19. The van der Waals surface area contributed by atoms with E-state index in [1.54, 1.807) is 7.05 Å². The number of carboxylic acid groups (broad SMARTS) is 1. The number of benzene rings is 2. The molecule has 1 aliphatic heterocycles. The Morgan fingerprint density at radius 2 is 1.76 bits per heavy atom. The number of hydrogen-bond donors (Lipinski definition) is 2. The van der Waals surface area contributed by atoms with Crippen molar-refractivity contribution in [1.82, 2.24) is 10.2 Å². The number of thioether (sulfide) groups is 1. The summed E-state index contributed by atoms with van der Waals surface area (Å²) >= 11 is 1.82. The van der Waals surface area contributed by atoms with Crippen LogP contribution in [0.25, 0.3) is 11.1 Å². The van der Waals surface area contributed by atoms with Gasteiger partial charge in [0.15, 0.2) is 0 Å². The topological polar surface area (TPSA) is 95.9 Å². The molecule has 174 valence electrons. The Morgan fingerprint density at radius 1 is 1.12 bits per heavy atom. The van der Waals surface area contributed by atoms with Gasteiger partial charge in [-0.15, -0.1) is 0 Å². The molecule has 2 aromatic carbocycles. The summed E-state index contributed by atoms with van der Waals surface area (Å²) in [6.07, 6.45) is 0.866. The SMILES string of the molecule is CN(CC1CCCS1)C(=O)C(CC(=O)O)NC(=O)OCC1c2ccccc2-c2ccccc21. The van der Waals surface area contributed by atoms with E-state index in [1.807, 2.05) is 60.3 Å². The fourth-order valence-corrected chi connectivity index (χ4v) is 5.94. The van der Waals surface area contributed by atoms with Crippen LogP contribution in [0.3, 0.4) is 0 Å². The minimum atomic E-state index is -1.17. The van der Waals surface area contributed by atoms with Crippen molar-refractivity contribution in [3.05, 3.63) is 59.7 Å². The molecular weight excluding hydrogens is 440 g/mol. The van der Waals surface area contributed by atoms with Crippen LogP contribution < -0.4 is 5.32 Å². The van der Waals surface area contributed by atoms with Crippen molar-refractivity contribution >= 4 is 29.7 Å². The Bertz CT molecular complexity index is 991. The highest BCUT2D eigenvalue weighted by Crippen LogP contribution is 2.44. The summed E-state index contributed by atoms with van der Waals surface area (Å²) in [6.45, 7) is 0.633. The summed E-state index contributed by atoms with van der Waals surface area (Å²) in [4.78, 5) is 38.3. The highest BCUT2D eigenvalue weighted by molar-refractivity contribution is 8.00. The molecule has 1 saturated heterocycles. The van der Waals surface area contributed by atoms with Crippen LogP contribution in [0, 0.1) is 0 Å². The van der Waals surface area contributed by atoms with Gasteiger partial charge in [0.05, 0.1) is 6.42 Å². The highest BCUT2D eigenvalue weighted by Gasteiger charge is 2.31. The van der Waals surface area contributed by atoms with Crippen LogP contribution in [-0.4, -0.2) is 65.2 Å². The summed E-state index contributed by atoms with van der Waals surface area (Å²) in [5.41, 5.74) is 4.40. The Hall–Kier alpha value is -3.00. The molecule has 2 aliphatic rings. The minimum Gasteiger partial charge on any atom is -0.481 e. The van der Waals surface area contributed by atoms with Crippen LogP contribution in [0.15, 0.2) is 48.5 Å². The van der Waals surface area contributed by atoms with E-state index in [9.17, 15) is 19.5 Å². The Balaban J connectivity index is 1.39. The number of rotatable bonds is 8. The first-order valence-electron chi connectivity index (χ1n) is 11.1. The van der Waals surface area contributed by atoms with Crippen molar-refractivity contribution in [3.8, 4) is 11.1 Å². The van der Waals surface area contributed by atoms with E-state index in [4.69, 9.17) is 4.74 Å². The van der Waals surface area contributed by atoms with Crippen molar-refractivity contribution < 1.29 is 24.2 Å². The van der Waals surface area contributed by atoms with Crippen LogP contribution in [0.5, 0.6) is 0 Å². The molecule has 33 heavy (non-hydrogen) atoms. The number of nitrogens with one attached hydrogen (secondary N) is 1. The van der Waals surface area contributed by atoms with Crippen LogP contribution in [0.2, 0.25) is 0 Å². The number of amides is 2. The van der Waals surface area contributed by atoms with Crippen LogP contribution in [0.1, 0.15) is 36.3 Å². The number of alkyl carbamates (subject to hydrolysis) is 1. The number of fused-ring (bicyclic) bond motifs is 3. The number of aliphatic carboxylic acids is 1. The lowest BCUT2D eigenvalue weighted by Crippen LogP contribution is -2.49. The van der Waals surface area contributed by atoms with Gasteiger partial charge in [0, 0.05) is 24.8 Å². The number of hydrogen-bond acceptors (Lipinski definition) is 5. The van der Waals surface area contributed by atoms with Crippen LogP contribution in [-0.2, 0) is 14.3 Å². The zero-order valence-electron chi connectivity index (χ0n) is 18.5. The number of carbonyl (C=O) groups is 3. The first-order valence-corrected chi connectivity index (χ1v) is 12.2. The summed E-state index contributed by atoms with van der Waals surface area (Å²) in [5, 5.41) is 12.1. The molecule has 1 aliphatic carbocycles. The Kier molecular flexibility index (Phi) is 7.23. The van der Waals surface area contributed by atoms with Gasteiger partial charge in [-0.2, -0.15) is 11.8 Å². The van der Waals surface area contributed by atoms with Gasteiger partial charge in [0.1, 0.15) is 12.6 Å². The van der Waals surface area contributed by atoms with E-state index < -0.39 is 30.4 Å². The van der Waals surface area contributed by atoms with Gasteiger partial charge in [-0.1, -0.05) is 48.5 Å². The van der Waals surface area contributed by atoms with Gasteiger partial charge < -0.3 is 20.1 Å². The zero-order valence-corrected chi connectivity index (χ0v) is 19.3. The van der Waals surface area contributed by atoms with Gasteiger partial charge in [0.2, 0.25) is 5.91 Å². The second-order valence-electron chi connectivity index (χ2n) is 8.47. The van der Waals surface area contributed by atoms with E-state index in [-0.39, 0.29) is 12.5 Å². The molecule has 7 nitrogen and oxygen atoms in total. The lowest BCUT2D eigenvalue weighted by atomic mass is 9.98. The third kappa shape index (κ3) is 5.33. The lowest BCUT2D eigenvalue weighted by molar-refractivity contribution is -0.142. The highest BCUT2D eigenvalue weighted by atomic mass is 32.2. The summed E-state index contributed by atoms with van der Waals surface area (Å²) in [5.74, 6) is -0.614. The molecule has 0 radical (unpaired) electrons. The van der Waals surface area contributed by atoms with E-state index in [1.165, 1.54) is 4.90 Å². The van der Waals surface area contributed by atoms with Gasteiger partial charge in [-0.3, -0.25) is 9.59 Å². The molecular formula is C25H28N2O5S. The maximum Gasteiger partial charge on any atom is 0.407 e. The van der Waals surface area contributed by atoms with Gasteiger partial charge in [-0.05, 0) is 40.8 Å². The summed E-state index contributed by atoms with van der Waals surface area (Å²) in [6, 6.07) is 14.8. The fourth-order valence-electron chi connectivity index (χ4n) is 4.61. The van der Waals surface area contributed by atoms with Crippen LogP contribution >= 0.6 is 11.8 Å². The molecule has 2 atom stereocenters. The number of nitrogens with zero attached hydrogens (tertiary/aromatic N) is 1. The quantitative estimate of drug-likeness (QED) is 0.613. The Labute approximate surface area is 197 Å². The van der Waals surface area contributed by atoms with Crippen molar-refractivity contribution in [1.29, 1.82) is 0 Å². The zero-order chi connectivity index (χ0) is 23.4.